The molecule has 0 saturated heterocycles. The topological polar surface area (TPSA) is 127 Å². The van der Waals surface area contributed by atoms with Gasteiger partial charge in [0.2, 0.25) is 0 Å². The third-order valence-electron chi connectivity index (χ3n) is 16.3. The van der Waals surface area contributed by atoms with Crippen molar-refractivity contribution in [2.45, 2.75) is 118 Å². The van der Waals surface area contributed by atoms with Crippen molar-refractivity contribution in [2.75, 3.05) is 26.2 Å². The number of aromatic carboxylic acids is 1. The molecule has 6 rings (SSSR count). The van der Waals surface area contributed by atoms with Gasteiger partial charge in [-0.2, -0.15) is 0 Å². The van der Waals surface area contributed by atoms with Crippen LogP contribution in [0.3, 0.4) is 0 Å². The van der Waals surface area contributed by atoms with Gasteiger partial charge in [-0.1, -0.05) is 65.0 Å². The smallest absolute Gasteiger partial charge is 0.335 e. The highest BCUT2D eigenvalue weighted by Crippen LogP contribution is 2.76. The third-order valence-corrected chi connectivity index (χ3v) is 16.3. The molecule has 0 bridgehead atoms. The number of allylic oxidation sites excluding steroid dienone is 3. The summed E-state index contributed by atoms with van der Waals surface area (Å²) in [5.74, 6) is 0.132. The van der Waals surface area contributed by atoms with E-state index in [1.165, 1.54) is 43.3 Å². The highest BCUT2D eigenvalue weighted by atomic mass is 16.4. The number of nitrogens with one attached hydrogen (secondary N) is 1. The second-order valence-electron chi connectivity index (χ2n) is 18.8. The first kappa shape index (κ1) is 38.7. The summed E-state index contributed by atoms with van der Waals surface area (Å²) in [4.78, 5) is 36.3. The van der Waals surface area contributed by atoms with Gasteiger partial charge < -0.3 is 25.5 Å². The fourth-order valence-corrected chi connectivity index (χ4v) is 13.6. The molecule has 52 heavy (non-hydrogen) atoms. The lowest BCUT2D eigenvalue weighted by Crippen LogP contribution is -2.68. The molecule has 8 heteroatoms. The zero-order valence-electron chi connectivity index (χ0n) is 32.6. The number of fused-ring (bicyclic) bond motifs is 7. The van der Waals surface area contributed by atoms with Crippen LogP contribution in [0.2, 0.25) is 0 Å². The van der Waals surface area contributed by atoms with E-state index in [-0.39, 0.29) is 40.0 Å². The predicted octanol–water partition coefficient (Wildman–Crippen LogP) is 8.63. The van der Waals surface area contributed by atoms with Crippen LogP contribution in [0.15, 0.2) is 42.5 Å². The summed E-state index contributed by atoms with van der Waals surface area (Å²) >= 11 is 0. The molecule has 0 spiro atoms. The maximum atomic E-state index is 11.6. The first-order valence-corrected chi connectivity index (χ1v) is 20.0. The van der Waals surface area contributed by atoms with Crippen molar-refractivity contribution < 1.29 is 29.7 Å². The van der Waals surface area contributed by atoms with E-state index >= 15 is 0 Å². The fraction of sp³-hybridized carbons (Fsp3) is 0.705. The van der Waals surface area contributed by atoms with E-state index in [2.05, 4.69) is 59.5 Å². The number of rotatable bonds is 13. The van der Waals surface area contributed by atoms with Gasteiger partial charge in [-0.3, -0.25) is 9.59 Å². The summed E-state index contributed by atoms with van der Waals surface area (Å²) in [5, 5.41) is 32.2. The minimum absolute atomic E-state index is 0.0131. The number of carboxylic acids is 3. The molecule has 0 heterocycles. The number of hydrogen-bond acceptors (Lipinski definition) is 5. The van der Waals surface area contributed by atoms with Crippen LogP contribution in [0, 0.1) is 51.2 Å². The average molecular weight is 717 g/mol. The van der Waals surface area contributed by atoms with Crippen molar-refractivity contribution in [2.24, 2.45) is 51.2 Å². The van der Waals surface area contributed by atoms with Crippen molar-refractivity contribution in [1.29, 1.82) is 0 Å². The first-order valence-electron chi connectivity index (χ1n) is 20.0. The monoisotopic (exact) mass is 716 g/mol. The quantitative estimate of drug-likeness (QED) is 0.150. The van der Waals surface area contributed by atoms with Crippen LogP contribution in [-0.2, 0) is 9.59 Å². The normalized spacial score (nSPS) is 37.6. The second kappa shape index (κ2) is 14.0. The van der Waals surface area contributed by atoms with Crippen molar-refractivity contribution in [1.82, 2.24) is 10.2 Å². The molecule has 4 N–H and O–H groups in total. The number of benzene rings is 1. The molecular formula is C44H64N2O6. The molecule has 5 aliphatic carbocycles. The van der Waals surface area contributed by atoms with E-state index in [0.717, 1.165) is 37.8 Å². The Balaban J connectivity index is 1.25. The SMILES string of the molecule is C=C(C)[C@@H]1CC[C@]2(NCCN(CCC(=O)O)CCC(=O)O)CC[C@]3(C)[C@H](CC[C@@H]4[C@@]5(C)CC=C(c6ccc(C(=O)O)cc6)C(C)(C)[C@@H]5CC[C@]43C)[C@@H]12. The van der Waals surface area contributed by atoms with E-state index in [0.29, 0.717) is 54.8 Å². The summed E-state index contributed by atoms with van der Waals surface area (Å²) in [6, 6.07) is 7.50. The molecule has 1 aromatic carbocycles. The van der Waals surface area contributed by atoms with Crippen LogP contribution in [0.1, 0.15) is 128 Å². The average Bonchev–Trinajstić information content (AvgIpc) is 3.46. The van der Waals surface area contributed by atoms with E-state index in [9.17, 15) is 29.7 Å². The Morgan fingerprint density at radius 1 is 0.808 bits per heavy atom. The highest BCUT2D eigenvalue weighted by Gasteiger charge is 2.70. The minimum atomic E-state index is -0.887. The van der Waals surface area contributed by atoms with Gasteiger partial charge in [0.15, 0.2) is 0 Å². The van der Waals surface area contributed by atoms with E-state index < -0.39 is 17.9 Å². The molecule has 9 atom stereocenters. The van der Waals surface area contributed by atoms with E-state index in [4.69, 9.17) is 0 Å². The Labute approximate surface area is 311 Å². The first-order chi connectivity index (χ1) is 24.4. The summed E-state index contributed by atoms with van der Waals surface area (Å²) in [5.41, 5.74) is 4.73. The Kier molecular flexibility index (Phi) is 10.5. The zero-order chi connectivity index (χ0) is 37.9. The van der Waals surface area contributed by atoms with Crippen LogP contribution in [0.25, 0.3) is 5.57 Å². The number of nitrogens with zero attached hydrogens (tertiary/aromatic N) is 1. The Hall–Kier alpha value is -2.97. The molecule has 8 nitrogen and oxygen atoms in total. The number of hydrogen-bond donors (Lipinski definition) is 4. The number of aliphatic carboxylic acids is 2. The van der Waals surface area contributed by atoms with E-state index in [1.54, 1.807) is 12.1 Å². The molecule has 0 unspecified atom stereocenters. The van der Waals surface area contributed by atoms with Crippen LogP contribution in [0.5, 0.6) is 0 Å². The van der Waals surface area contributed by atoms with Crippen molar-refractivity contribution >= 4 is 23.5 Å². The molecular weight excluding hydrogens is 652 g/mol. The summed E-state index contributed by atoms with van der Waals surface area (Å²) in [6.45, 7) is 21.7. The van der Waals surface area contributed by atoms with Crippen LogP contribution < -0.4 is 5.32 Å². The van der Waals surface area contributed by atoms with Gasteiger partial charge in [-0.25, -0.2) is 4.79 Å². The number of carboxylic acid groups (broad SMARTS) is 3. The van der Waals surface area contributed by atoms with Crippen molar-refractivity contribution in [3.05, 3.63) is 53.6 Å². The fourth-order valence-electron chi connectivity index (χ4n) is 13.6. The van der Waals surface area contributed by atoms with Crippen molar-refractivity contribution in [3.8, 4) is 0 Å². The minimum Gasteiger partial charge on any atom is -0.481 e. The van der Waals surface area contributed by atoms with Gasteiger partial charge >= 0.3 is 17.9 Å². The summed E-state index contributed by atoms with van der Waals surface area (Å²) < 4.78 is 0. The molecule has 0 aromatic heterocycles. The van der Waals surface area contributed by atoms with Gasteiger partial charge in [-0.15, -0.1) is 0 Å². The van der Waals surface area contributed by atoms with Gasteiger partial charge in [0.25, 0.3) is 0 Å². The summed E-state index contributed by atoms with van der Waals surface area (Å²) in [7, 11) is 0. The highest BCUT2D eigenvalue weighted by molar-refractivity contribution is 5.88. The third kappa shape index (κ3) is 6.37. The maximum absolute atomic E-state index is 11.6. The maximum Gasteiger partial charge on any atom is 0.335 e. The predicted molar refractivity (Wildman–Crippen MR) is 205 cm³/mol. The van der Waals surface area contributed by atoms with Crippen LogP contribution in [0.4, 0.5) is 0 Å². The van der Waals surface area contributed by atoms with Crippen LogP contribution >= 0.6 is 0 Å². The molecule has 0 amide bonds. The molecule has 286 valence electrons. The molecule has 4 fully saturated rings. The molecule has 0 radical (unpaired) electrons. The second-order valence-corrected chi connectivity index (χ2v) is 18.8. The van der Waals surface area contributed by atoms with Crippen LogP contribution in [-0.4, -0.2) is 69.8 Å². The zero-order valence-corrected chi connectivity index (χ0v) is 32.6. The lowest BCUT2D eigenvalue weighted by atomic mass is 9.33. The summed E-state index contributed by atoms with van der Waals surface area (Å²) in [6.07, 6.45) is 13.1. The van der Waals surface area contributed by atoms with Gasteiger partial charge in [0.05, 0.1) is 18.4 Å². The Bertz CT molecular complexity index is 1580. The lowest BCUT2D eigenvalue weighted by Gasteiger charge is -2.72. The van der Waals surface area contributed by atoms with Crippen molar-refractivity contribution in [3.63, 3.8) is 0 Å². The number of carbonyl (C=O) groups is 3. The molecule has 0 aliphatic heterocycles. The van der Waals surface area contributed by atoms with Gasteiger partial charge in [-0.05, 0) is 139 Å². The molecule has 5 aliphatic rings. The molecule has 4 saturated carbocycles. The standard InChI is InChI=1S/C44H64N2O6/c1-28(2)31-14-21-44(45-24-27-46(25-17-36(47)48)26-18-37(49)50)23-22-42(6)33(38(31)44)12-13-35-41(5)19-15-32(29-8-10-30(11-9-29)39(51)52)40(3,4)34(41)16-20-43(35,42)7/h8-11,15,31,33-35,38,45H,1,12-14,16-27H2,2-7H3,(H,47,48)(H,49,50)(H,51,52)/t31-,33+,34-,35+,38+,41-,42+,43+,44-/m0/s1. The lowest BCUT2D eigenvalue weighted by molar-refractivity contribution is -0.219. The van der Waals surface area contributed by atoms with Gasteiger partial charge in [0, 0.05) is 31.7 Å². The Morgan fingerprint density at radius 3 is 2.06 bits per heavy atom. The largest absolute Gasteiger partial charge is 0.481 e. The Morgan fingerprint density at radius 2 is 1.46 bits per heavy atom. The molecule has 1 aromatic rings. The van der Waals surface area contributed by atoms with E-state index in [1.807, 2.05) is 17.0 Å². The van der Waals surface area contributed by atoms with Gasteiger partial charge in [0.1, 0.15) is 0 Å².